The summed E-state index contributed by atoms with van der Waals surface area (Å²) in [6.07, 6.45) is 1.32. The molecular formula is C29H30FN3O6. The van der Waals surface area contributed by atoms with Gasteiger partial charge in [-0.05, 0) is 74.5 Å². The Hall–Kier alpha value is -4.31. The van der Waals surface area contributed by atoms with Crippen molar-refractivity contribution in [3.05, 3.63) is 93.8 Å². The number of piperidine rings is 1. The second-order valence-corrected chi connectivity index (χ2v) is 9.29. The van der Waals surface area contributed by atoms with Crippen molar-refractivity contribution in [3.8, 4) is 11.5 Å². The van der Waals surface area contributed by atoms with E-state index in [-0.39, 0.29) is 29.1 Å². The number of likely N-dealkylation sites (tertiary alicyclic amines) is 1. The average Bonchev–Trinajstić information content (AvgIpc) is 2.97. The van der Waals surface area contributed by atoms with Gasteiger partial charge in [-0.2, -0.15) is 0 Å². The zero-order valence-corrected chi connectivity index (χ0v) is 21.8. The molecule has 3 aromatic rings. The zero-order chi connectivity index (χ0) is 27.9. The lowest BCUT2D eigenvalue weighted by Gasteiger charge is -2.33. The first kappa shape index (κ1) is 27.7. The number of carbonyl (C=O) groups excluding carboxylic acids is 2. The maximum atomic E-state index is 13.7. The molecule has 0 spiro atoms. The van der Waals surface area contributed by atoms with E-state index in [1.54, 1.807) is 23.1 Å². The molecule has 204 valence electrons. The number of benzene rings is 3. The summed E-state index contributed by atoms with van der Waals surface area (Å²) in [4.78, 5) is 40.8. The van der Waals surface area contributed by atoms with Crippen LogP contribution in [0.4, 0.5) is 15.8 Å². The van der Waals surface area contributed by atoms with Gasteiger partial charge in [0.15, 0.2) is 5.78 Å². The summed E-state index contributed by atoms with van der Waals surface area (Å²) >= 11 is 0. The average molecular weight is 536 g/mol. The molecule has 39 heavy (non-hydrogen) atoms. The van der Waals surface area contributed by atoms with Gasteiger partial charge in [0.25, 0.3) is 11.6 Å². The number of Topliss-reactive ketones (excluding diaryl/α,β-unsaturated/α-hetero) is 1. The van der Waals surface area contributed by atoms with E-state index < -0.39 is 4.92 Å². The van der Waals surface area contributed by atoms with Crippen LogP contribution in [0.25, 0.3) is 0 Å². The molecule has 0 saturated carbocycles. The Bertz CT molecular complexity index is 1320. The lowest BCUT2D eigenvalue weighted by molar-refractivity contribution is -0.384. The van der Waals surface area contributed by atoms with Crippen LogP contribution in [0.3, 0.4) is 0 Å². The number of methoxy groups -OCH3 is 2. The van der Waals surface area contributed by atoms with E-state index in [0.717, 1.165) is 0 Å². The van der Waals surface area contributed by atoms with Crippen LogP contribution < -0.4 is 14.4 Å². The molecule has 0 unspecified atom stereocenters. The predicted molar refractivity (Wildman–Crippen MR) is 144 cm³/mol. The molecule has 1 aliphatic heterocycles. The Labute approximate surface area is 225 Å². The van der Waals surface area contributed by atoms with E-state index in [2.05, 4.69) is 4.90 Å². The third-order valence-electron chi connectivity index (χ3n) is 6.97. The highest BCUT2D eigenvalue weighted by Crippen LogP contribution is 2.33. The number of carbonyl (C=O) groups is 2. The van der Waals surface area contributed by atoms with Crippen LogP contribution in [-0.2, 0) is 0 Å². The van der Waals surface area contributed by atoms with Gasteiger partial charge in [0, 0.05) is 48.3 Å². The fraction of sp³-hybridized carbons (Fsp3) is 0.310. The summed E-state index contributed by atoms with van der Waals surface area (Å²) in [6.45, 7) is 2.20. The van der Waals surface area contributed by atoms with Crippen LogP contribution in [0.2, 0.25) is 0 Å². The maximum absolute atomic E-state index is 13.7. The van der Waals surface area contributed by atoms with Crippen LogP contribution in [0, 0.1) is 21.8 Å². The van der Waals surface area contributed by atoms with Crippen molar-refractivity contribution in [2.45, 2.75) is 12.8 Å². The van der Waals surface area contributed by atoms with E-state index in [0.29, 0.717) is 67.3 Å². The standard InChI is InChI=1S/C29H30FN3O6/c1-38-25-11-12-27(39-2)26(19-25)32(29(35)22-5-9-24(10-6-22)33(36)37)18-17-31-15-13-21(14-16-31)28(34)20-3-7-23(30)8-4-20/h3-12,19,21H,13-18H2,1-2H3. The number of ketones is 1. The van der Waals surface area contributed by atoms with Gasteiger partial charge in [-0.25, -0.2) is 4.39 Å². The lowest BCUT2D eigenvalue weighted by Crippen LogP contribution is -2.43. The van der Waals surface area contributed by atoms with Crippen molar-refractivity contribution in [1.82, 2.24) is 4.90 Å². The van der Waals surface area contributed by atoms with Crippen molar-refractivity contribution in [3.63, 3.8) is 0 Å². The smallest absolute Gasteiger partial charge is 0.269 e. The van der Waals surface area contributed by atoms with Crippen LogP contribution in [-0.4, -0.2) is 61.9 Å². The third kappa shape index (κ3) is 6.58. The fourth-order valence-electron chi connectivity index (χ4n) is 4.73. The second-order valence-electron chi connectivity index (χ2n) is 9.29. The molecule has 9 nitrogen and oxygen atoms in total. The van der Waals surface area contributed by atoms with Gasteiger partial charge in [0.1, 0.15) is 17.3 Å². The molecule has 0 bridgehead atoms. The number of anilines is 1. The maximum Gasteiger partial charge on any atom is 0.269 e. The van der Waals surface area contributed by atoms with Gasteiger partial charge in [-0.15, -0.1) is 0 Å². The number of hydrogen-bond acceptors (Lipinski definition) is 7. The molecule has 1 heterocycles. The highest BCUT2D eigenvalue weighted by atomic mass is 19.1. The molecule has 0 N–H and O–H groups in total. The number of nitro groups is 1. The van der Waals surface area contributed by atoms with Gasteiger partial charge < -0.3 is 19.3 Å². The van der Waals surface area contributed by atoms with Crippen molar-refractivity contribution in [1.29, 1.82) is 0 Å². The molecule has 1 amide bonds. The molecule has 3 aromatic carbocycles. The van der Waals surface area contributed by atoms with E-state index in [4.69, 9.17) is 9.47 Å². The highest BCUT2D eigenvalue weighted by Gasteiger charge is 2.28. The number of amides is 1. The lowest BCUT2D eigenvalue weighted by atomic mass is 9.89. The number of halogens is 1. The van der Waals surface area contributed by atoms with Gasteiger partial charge in [-0.3, -0.25) is 19.7 Å². The normalized spacial score (nSPS) is 14.0. The first-order valence-electron chi connectivity index (χ1n) is 12.6. The molecule has 0 aliphatic carbocycles. The summed E-state index contributed by atoms with van der Waals surface area (Å²) in [7, 11) is 3.05. The minimum Gasteiger partial charge on any atom is -0.497 e. The van der Waals surface area contributed by atoms with Crippen molar-refractivity contribution in [2.24, 2.45) is 5.92 Å². The number of hydrogen-bond donors (Lipinski definition) is 0. The Morgan fingerprint density at radius 1 is 0.974 bits per heavy atom. The zero-order valence-electron chi connectivity index (χ0n) is 21.8. The van der Waals surface area contributed by atoms with Gasteiger partial charge in [0.2, 0.25) is 0 Å². The van der Waals surface area contributed by atoms with Crippen LogP contribution in [0.15, 0.2) is 66.7 Å². The third-order valence-corrected chi connectivity index (χ3v) is 6.97. The van der Waals surface area contributed by atoms with Gasteiger partial charge in [0.05, 0.1) is 24.8 Å². The fourth-order valence-corrected chi connectivity index (χ4v) is 4.73. The minimum absolute atomic E-state index is 0.0192. The van der Waals surface area contributed by atoms with Crippen molar-refractivity contribution < 1.29 is 28.4 Å². The molecule has 1 aliphatic rings. The second kappa shape index (κ2) is 12.5. The van der Waals surface area contributed by atoms with Crippen LogP contribution in [0.1, 0.15) is 33.6 Å². The Kier molecular flexibility index (Phi) is 8.88. The molecule has 0 atom stereocenters. The molecule has 1 fully saturated rings. The van der Waals surface area contributed by atoms with Crippen molar-refractivity contribution >= 4 is 23.1 Å². The largest absolute Gasteiger partial charge is 0.497 e. The van der Waals surface area contributed by atoms with E-state index >= 15 is 0 Å². The van der Waals surface area contributed by atoms with Gasteiger partial charge in [-0.1, -0.05) is 0 Å². The van der Waals surface area contributed by atoms with Crippen molar-refractivity contribution in [2.75, 3.05) is 45.3 Å². The van der Waals surface area contributed by atoms with E-state index in [1.807, 2.05) is 0 Å². The minimum atomic E-state index is -0.512. The summed E-state index contributed by atoms with van der Waals surface area (Å²) in [5, 5.41) is 11.1. The molecule has 1 saturated heterocycles. The number of ether oxygens (including phenoxy) is 2. The van der Waals surface area contributed by atoms with E-state index in [9.17, 15) is 24.1 Å². The molecule has 0 radical (unpaired) electrons. The molecule has 0 aromatic heterocycles. The molecule has 10 heteroatoms. The van der Waals surface area contributed by atoms with Crippen LogP contribution in [0.5, 0.6) is 11.5 Å². The van der Waals surface area contributed by atoms with Gasteiger partial charge >= 0.3 is 0 Å². The topological polar surface area (TPSA) is 102 Å². The number of non-ortho nitro benzene ring substituents is 1. The quantitative estimate of drug-likeness (QED) is 0.205. The number of nitrogens with zero attached hydrogens (tertiary/aromatic N) is 3. The molecule has 4 rings (SSSR count). The monoisotopic (exact) mass is 535 g/mol. The predicted octanol–water partition coefficient (Wildman–Crippen LogP) is 4.99. The highest BCUT2D eigenvalue weighted by molar-refractivity contribution is 6.07. The Morgan fingerprint density at radius 2 is 1.62 bits per heavy atom. The SMILES string of the molecule is COc1ccc(OC)c(N(CCN2CCC(C(=O)c3ccc(F)cc3)CC2)C(=O)c2ccc([N+](=O)[O-])cc2)c1. The first-order chi connectivity index (χ1) is 18.8. The molecular weight excluding hydrogens is 505 g/mol. The summed E-state index contributed by atoms with van der Waals surface area (Å²) in [5.74, 6) is 0.204. The van der Waals surface area contributed by atoms with E-state index in [1.165, 1.54) is 62.8 Å². The van der Waals surface area contributed by atoms with Crippen LogP contribution >= 0.6 is 0 Å². The summed E-state index contributed by atoms with van der Waals surface area (Å²) < 4.78 is 24.1. The Morgan fingerprint density at radius 3 is 2.21 bits per heavy atom. The summed E-state index contributed by atoms with van der Waals surface area (Å²) in [6, 6.07) is 16.3. The Balaban J connectivity index is 1.49. The number of nitro benzene ring substituents is 1. The number of rotatable bonds is 10. The first-order valence-corrected chi connectivity index (χ1v) is 12.6. The summed E-state index contributed by atoms with van der Waals surface area (Å²) in [5.41, 5.74) is 1.23.